The van der Waals surface area contributed by atoms with Crippen LogP contribution in [0, 0.1) is 0 Å². The number of anilines is 4. The maximum absolute atomic E-state index is 6.48. The smallest absolute Gasteiger partial charge is 0.258 e. The molecule has 1 aliphatic rings. The summed E-state index contributed by atoms with van der Waals surface area (Å²) in [6, 6.07) is 29.2. The van der Waals surface area contributed by atoms with Crippen molar-refractivity contribution < 1.29 is 4.52 Å². The van der Waals surface area contributed by atoms with Crippen LogP contribution in [-0.4, -0.2) is 25.3 Å². The molecule has 2 N–H and O–H groups in total. The number of nitrogens with one attached hydrogen (secondary N) is 2. The largest absolute Gasteiger partial charge is 0.366 e. The fraction of sp³-hybridized carbons (Fsp3) is 0.136. The lowest BCUT2D eigenvalue weighted by Crippen LogP contribution is -2.34. The Morgan fingerprint density at radius 2 is 1.31 bits per heavy atom. The van der Waals surface area contributed by atoms with E-state index in [1.54, 1.807) is 0 Å². The minimum absolute atomic E-state index is 0.536. The van der Waals surface area contributed by atoms with Crippen LogP contribution in [0.5, 0.6) is 0 Å². The van der Waals surface area contributed by atoms with Gasteiger partial charge < -0.3 is 15.2 Å². The Morgan fingerprint density at radius 1 is 0.828 bits per heavy atom. The second-order valence-corrected chi connectivity index (χ2v) is 8.35. The van der Waals surface area contributed by atoms with Crippen molar-refractivity contribution in [1.29, 1.82) is 0 Å². The van der Waals surface area contributed by atoms with E-state index in [0.29, 0.717) is 18.3 Å². The van der Waals surface area contributed by atoms with Crippen LogP contribution >= 0.6 is 20.7 Å². The zero-order chi connectivity index (χ0) is 20.1. The van der Waals surface area contributed by atoms with E-state index in [-0.39, 0.29) is 0 Å². The van der Waals surface area contributed by atoms with Crippen LogP contribution in [0.1, 0.15) is 0 Å². The summed E-state index contributed by atoms with van der Waals surface area (Å²) >= 11 is 5.17. The van der Waals surface area contributed by atoms with Crippen molar-refractivity contribution >= 4 is 48.5 Å². The van der Waals surface area contributed by atoms with Crippen LogP contribution in [0.3, 0.4) is 0 Å². The van der Waals surface area contributed by atoms with E-state index in [9.17, 15) is 0 Å². The molecule has 0 bridgehead atoms. The van der Waals surface area contributed by atoms with Crippen LogP contribution in [-0.2, 0) is 4.52 Å². The molecule has 148 valence electrons. The Labute approximate surface area is 178 Å². The van der Waals surface area contributed by atoms with Crippen molar-refractivity contribution in [3.63, 3.8) is 0 Å². The quantitative estimate of drug-likeness (QED) is 0.319. The van der Waals surface area contributed by atoms with Crippen LogP contribution in [0.25, 0.3) is 0 Å². The third-order valence-electron chi connectivity index (χ3n) is 4.50. The Bertz CT molecular complexity index is 891. The molecule has 29 heavy (non-hydrogen) atoms. The van der Waals surface area contributed by atoms with Crippen molar-refractivity contribution in [2.75, 3.05) is 29.5 Å². The molecule has 3 aromatic rings. The number of benzene rings is 3. The zero-order valence-electron chi connectivity index (χ0n) is 16.2. The summed E-state index contributed by atoms with van der Waals surface area (Å²) in [4.78, 5) is 0. The first-order valence-electron chi connectivity index (χ1n) is 9.47. The molecular weight excluding hydrogens is 399 g/mol. The van der Waals surface area contributed by atoms with Crippen LogP contribution < -0.4 is 20.0 Å². The normalized spacial score (nSPS) is 13.3. The molecular formula is C22H23N4OPS. The summed E-state index contributed by atoms with van der Waals surface area (Å²) < 4.78 is 11.1. The Kier molecular flexibility index (Phi) is 6.25. The van der Waals surface area contributed by atoms with E-state index in [1.807, 2.05) is 19.2 Å². The molecule has 0 fully saturated rings. The third-order valence-corrected chi connectivity index (χ3v) is 6.84. The maximum atomic E-state index is 6.48. The predicted octanol–water partition coefficient (Wildman–Crippen LogP) is 5.31. The summed E-state index contributed by atoms with van der Waals surface area (Å²) in [5.74, 6) is 0. The molecule has 0 atom stereocenters. The van der Waals surface area contributed by atoms with Gasteiger partial charge in [-0.2, -0.15) is 0 Å². The highest BCUT2D eigenvalue weighted by atomic mass is 32.1. The highest BCUT2D eigenvalue weighted by molar-refractivity contribution is 7.80. The molecule has 4 rings (SSSR count). The van der Waals surface area contributed by atoms with Gasteiger partial charge >= 0.3 is 0 Å². The zero-order valence-corrected chi connectivity index (χ0v) is 17.9. The van der Waals surface area contributed by atoms with Crippen LogP contribution in [0.4, 0.5) is 22.7 Å². The van der Waals surface area contributed by atoms with Gasteiger partial charge in [0.2, 0.25) is 0 Å². The van der Waals surface area contributed by atoms with E-state index in [2.05, 4.69) is 92.8 Å². The van der Waals surface area contributed by atoms with Gasteiger partial charge in [0.15, 0.2) is 5.11 Å². The lowest BCUT2D eigenvalue weighted by Gasteiger charge is -2.31. The molecule has 0 saturated heterocycles. The topological polar surface area (TPSA) is 39.8 Å². The van der Waals surface area contributed by atoms with E-state index < -0.39 is 8.45 Å². The van der Waals surface area contributed by atoms with Gasteiger partial charge in [0.05, 0.1) is 18.0 Å². The summed E-state index contributed by atoms with van der Waals surface area (Å²) in [5, 5.41) is 6.70. The van der Waals surface area contributed by atoms with Gasteiger partial charge in [-0.25, -0.2) is 0 Å². The molecule has 0 spiro atoms. The first-order chi connectivity index (χ1) is 14.3. The van der Waals surface area contributed by atoms with Gasteiger partial charge in [-0.15, -0.1) is 0 Å². The number of hydrogen-bond donors (Lipinski definition) is 2. The third kappa shape index (κ3) is 4.20. The van der Waals surface area contributed by atoms with Crippen molar-refractivity contribution in [2.45, 2.75) is 0 Å². The summed E-state index contributed by atoms with van der Waals surface area (Å²) in [7, 11) is 0.684. The van der Waals surface area contributed by atoms with Crippen molar-refractivity contribution in [2.24, 2.45) is 0 Å². The van der Waals surface area contributed by atoms with Gasteiger partial charge in [-0.1, -0.05) is 48.5 Å². The maximum Gasteiger partial charge on any atom is 0.258 e. The molecule has 0 aliphatic carbocycles. The van der Waals surface area contributed by atoms with E-state index in [1.165, 1.54) is 0 Å². The number of para-hydroxylation sites is 4. The Morgan fingerprint density at radius 3 is 1.79 bits per heavy atom. The summed E-state index contributed by atoms with van der Waals surface area (Å²) in [6.45, 7) is 1.17. The summed E-state index contributed by atoms with van der Waals surface area (Å²) in [6.07, 6.45) is 0. The average Bonchev–Trinajstić information content (AvgIpc) is 3.11. The molecule has 0 saturated carbocycles. The van der Waals surface area contributed by atoms with Crippen molar-refractivity contribution in [1.82, 2.24) is 10.6 Å². The van der Waals surface area contributed by atoms with E-state index in [0.717, 1.165) is 22.7 Å². The first-order valence-corrected chi connectivity index (χ1v) is 11.0. The molecule has 0 radical (unpaired) electrons. The monoisotopic (exact) mass is 422 g/mol. The van der Waals surface area contributed by atoms with Gasteiger partial charge in [0.1, 0.15) is 0 Å². The molecule has 7 heteroatoms. The second kappa shape index (κ2) is 9.23. The number of fused-ring (bicyclic) bond motifs is 1. The number of nitrogens with zero attached hydrogens (tertiary/aromatic N) is 2. The molecule has 5 nitrogen and oxygen atoms in total. The van der Waals surface area contributed by atoms with Gasteiger partial charge in [-0.3, -0.25) is 9.34 Å². The van der Waals surface area contributed by atoms with E-state index in [4.69, 9.17) is 16.7 Å². The minimum Gasteiger partial charge on any atom is -0.366 e. The molecule has 3 aromatic carbocycles. The molecule has 0 amide bonds. The molecule has 1 aliphatic heterocycles. The summed E-state index contributed by atoms with van der Waals surface area (Å²) in [5.41, 5.74) is 4.52. The van der Waals surface area contributed by atoms with Gasteiger partial charge in [0.25, 0.3) is 8.45 Å². The SMILES string of the molecule is CNC(=S)NCCOP1N(c2ccccc2)c2ccccc2N1c1ccccc1. The van der Waals surface area contributed by atoms with Crippen molar-refractivity contribution in [3.8, 4) is 0 Å². The number of hydrogen-bond acceptors (Lipinski definition) is 4. The predicted molar refractivity (Wildman–Crippen MR) is 126 cm³/mol. The second-order valence-electron chi connectivity index (χ2n) is 6.38. The fourth-order valence-corrected chi connectivity index (χ4v) is 5.34. The van der Waals surface area contributed by atoms with Crippen LogP contribution in [0.2, 0.25) is 0 Å². The average molecular weight is 422 g/mol. The van der Waals surface area contributed by atoms with Crippen LogP contribution in [0.15, 0.2) is 84.9 Å². The van der Waals surface area contributed by atoms with Crippen molar-refractivity contribution in [3.05, 3.63) is 84.9 Å². The first kappa shape index (κ1) is 19.6. The number of thiocarbonyl (C=S) groups is 1. The van der Waals surface area contributed by atoms with Gasteiger partial charge in [-0.05, 0) is 48.6 Å². The van der Waals surface area contributed by atoms with Gasteiger partial charge in [0, 0.05) is 25.0 Å². The van der Waals surface area contributed by atoms with E-state index >= 15 is 0 Å². The Balaban J connectivity index is 1.69. The lowest BCUT2D eigenvalue weighted by molar-refractivity contribution is 0.357. The highest BCUT2D eigenvalue weighted by Crippen LogP contribution is 2.65. The standard InChI is InChI=1S/C22H23N4OPS/c1-23-22(29)24-16-17-27-28-25(18-10-4-2-5-11-18)20-14-8-9-15-21(20)26(28)19-12-6-3-7-13-19/h2-15H,16-17H2,1H3,(H2,23,24,29). The minimum atomic E-state index is -1.12. The molecule has 0 unspecified atom stereocenters. The molecule has 1 heterocycles. The Hall–Kier alpha value is -2.66. The fourth-order valence-electron chi connectivity index (χ4n) is 3.21. The number of rotatable bonds is 6. The molecule has 0 aromatic heterocycles. The highest BCUT2D eigenvalue weighted by Gasteiger charge is 2.39. The lowest BCUT2D eigenvalue weighted by atomic mass is 10.2.